The zero-order valence-electron chi connectivity index (χ0n) is 10.8. The highest BCUT2D eigenvalue weighted by molar-refractivity contribution is 6.00. The van der Waals surface area contributed by atoms with Crippen LogP contribution in [0.25, 0.3) is 0 Å². The Balaban J connectivity index is 2.24. The first-order chi connectivity index (χ1) is 8.13. The van der Waals surface area contributed by atoms with Gasteiger partial charge < -0.3 is 10.2 Å². The molecule has 17 heavy (non-hydrogen) atoms. The number of nitrogens with one attached hydrogen (secondary N) is 1. The number of aryl methyl sites for hydroxylation is 2. The maximum absolute atomic E-state index is 12.2. The monoisotopic (exact) mass is 232 g/mol. The summed E-state index contributed by atoms with van der Waals surface area (Å²) in [7, 11) is 0. The lowest BCUT2D eigenvalue weighted by atomic mass is 10.1. The Kier molecular flexibility index (Phi) is 3.48. The third-order valence-electron chi connectivity index (χ3n) is 3.31. The first-order valence-corrected chi connectivity index (χ1v) is 6.25. The molecule has 1 aliphatic rings. The van der Waals surface area contributed by atoms with Gasteiger partial charge in [0.1, 0.15) is 0 Å². The average Bonchev–Trinajstić information content (AvgIpc) is 2.65. The Morgan fingerprint density at radius 3 is 2.88 bits per heavy atom. The third kappa shape index (κ3) is 2.34. The molecule has 2 rings (SSSR count). The van der Waals surface area contributed by atoms with E-state index in [1.807, 2.05) is 11.8 Å². The van der Waals surface area contributed by atoms with E-state index in [1.165, 1.54) is 11.1 Å². The molecule has 1 atom stereocenters. The van der Waals surface area contributed by atoms with Crippen LogP contribution in [0, 0.1) is 13.8 Å². The van der Waals surface area contributed by atoms with Crippen LogP contribution in [-0.4, -0.2) is 25.0 Å². The molecule has 1 amide bonds. The molecule has 0 radical (unpaired) electrons. The summed E-state index contributed by atoms with van der Waals surface area (Å²) in [6.45, 7) is 7.82. The zero-order chi connectivity index (χ0) is 12.4. The summed E-state index contributed by atoms with van der Waals surface area (Å²) in [6, 6.07) is 6.27. The van der Waals surface area contributed by atoms with Crippen molar-refractivity contribution in [2.75, 3.05) is 18.0 Å². The molecule has 1 aromatic rings. The molecule has 1 aliphatic heterocycles. The topological polar surface area (TPSA) is 32.3 Å². The summed E-state index contributed by atoms with van der Waals surface area (Å²) in [5.74, 6) is 0.209. The minimum Gasteiger partial charge on any atom is -0.311 e. The van der Waals surface area contributed by atoms with Crippen LogP contribution >= 0.6 is 0 Å². The number of hydrogen-bond acceptors (Lipinski definition) is 2. The molecule has 0 bridgehead atoms. The molecule has 0 spiro atoms. The van der Waals surface area contributed by atoms with Gasteiger partial charge in [0.25, 0.3) is 0 Å². The number of likely N-dealkylation sites (N-methyl/N-ethyl adjacent to an activating group) is 1. The van der Waals surface area contributed by atoms with Gasteiger partial charge in [-0.1, -0.05) is 19.1 Å². The summed E-state index contributed by atoms with van der Waals surface area (Å²) in [5, 5.41) is 3.24. The second-order valence-corrected chi connectivity index (χ2v) is 4.68. The molecule has 92 valence electrons. The summed E-state index contributed by atoms with van der Waals surface area (Å²) >= 11 is 0. The maximum atomic E-state index is 12.2. The van der Waals surface area contributed by atoms with Crippen LogP contribution in [0.2, 0.25) is 0 Å². The zero-order valence-corrected chi connectivity index (χ0v) is 10.8. The van der Waals surface area contributed by atoms with Crippen LogP contribution in [0.15, 0.2) is 18.2 Å². The van der Waals surface area contributed by atoms with Crippen LogP contribution in [0.4, 0.5) is 5.69 Å². The number of anilines is 1. The number of rotatable bonds is 3. The number of nitrogens with zero attached hydrogens (tertiary/aromatic N) is 1. The minimum absolute atomic E-state index is 0.0000813. The SMILES string of the molecule is CCNC1CCN(c2cc(C)ccc2C)C1=O. The Morgan fingerprint density at radius 1 is 1.41 bits per heavy atom. The summed E-state index contributed by atoms with van der Waals surface area (Å²) in [6.07, 6.45) is 0.903. The minimum atomic E-state index is -0.0000813. The number of carbonyl (C=O) groups excluding carboxylic acids is 1. The van der Waals surface area contributed by atoms with Gasteiger partial charge >= 0.3 is 0 Å². The van der Waals surface area contributed by atoms with Crippen molar-refractivity contribution in [3.63, 3.8) is 0 Å². The fourth-order valence-corrected chi connectivity index (χ4v) is 2.37. The van der Waals surface area contributed by atoms with Crippen molar-refractivity contribution in [3.05, 3.63) is 29.3 Å². The second-order valence-electron chi connectivity index (χ2n) is 4.68. The molecule has 1 N–H and O–H groups in total. The van der Waals surface area contributed by atoms with E-state index in [2.05, 4.69) is 37.4 Å². The van der Waals surface area contributed by atoms with E-state index < -0.39 is 0 Å². The average molecular weight is 232 g/mol. The summed E-state index contributed by atoms with van der Waals surface area (Å²) in [5.41, 5.74) is 3.43. The molecule has 1 fully saturated rings. The van der Waals surface area contributed by atoms with E-state index >= 15 is 0 Å². The van der Waals surface area contributed by atoms with Crippen molar-refractivity contribution in [2.24, 2.45) is 0 Å². The summed E-state index contributed by atoms with van der Waals surface area (Å²) in [4.78, 5) is 14.1. The van der Waals surface area contributed by atoms with Crippen LogP contribution in [-0.2, 0) is 4.79 Å². The quantitative estimate of drug-likeness (QED) is 0.864. The van der Waals surface area contributed by atoms with Crippen molar-refractivity contribution < 1.29 is 4.79 Å². The van der Waals surface area contributed by atoms with Gasteiger partial charge in [-0.05, 0) is 44.0 Å². The predicted molar refractivity (Wildman–Crippen MR) is 70.4 cm³/mol. The fraction of sp³-hybridized carbons (Fsp3) is 0.500. The number of benzene rings is 1. The van der Waals surface area contributed by atoms with E-state index in [4.69, 9.17) is 0 Å². The molecular weight excluding hydrogens is 212 g/mol. The fourth-order valence-electron chi connectivity index (χ4n) is 2.37. The summed E-state index contributed by atoms with van der Waals surface area (Å²) < 4.78 is 0. The van der Waals surface area contributed by atoms with Crippen LogP contribution in [0.5, 0.6) is 0 Å². The Labute approximate surface area is 103 Å². The van der Waals surface area contributed by atoms with E-state index in [9.17, 15) is 4.79 Å². The van der Waals surface area contributed by atoms with E-state index in [0.29, 0.717) is 0 Å². The highest BCUT2D eigenvalue weighted by Crippen LogP contribution is 2.26. The highest BCUT2D eigenvalue weighted by atomic mass is 16.2. The van der Waals surface area contributed by atoms with Crippen molar-refractivity contribution in [1.29, 1.82) is 0 Å². The van der Waals surface area contributed by atoms with Gasteiger partial charge in [0.15, 0.2) is 0 Å². The standard InChI is InChI=1S/C14H20N2O/c1-4-15-12-7-8-16(14(12)17)13-9-10(2)5-6-11(13)3/h5-6,9,12,15H,4,7-8H2,1-3H3. The molecule has 1 unspecified atom stereocenters. The smallest absolute Gasteiger partial charge is 0.244 e. The number of carbonyl (C=O) groups is 1. The lowest BCUT2D eigenvalue weighted by molar-refractivity contribution is -0.118. The number of hydrogen-bond donors (Lipinski definition) is 1. The third-order valence-corrected chi connectivity index (χ3v) is 3.31. The normalized spacial score (nSPS) is 20.1. The van der Waals surface area contributed by atoms with Crippen LogP contribution in [0.1, 0.15) is 24.5 Å². The highest BCUT2D eigenvalue weighted by Gasteiger charge is 2.32. The first-order valence-electron chi connectivity index (χ1n) is 6.25. The Morgan fingerprint density at radius 2 is 2.18 bits per heavy atom. The molecular formula is C14H20N2O. The molecule has 1 aromatic carbocycles. The van der Waals surface area contributed by atoms with E-state index in [0.717, 1.165) is 25.2 Å². The molecule has 0 aliphatic carbocycles. The van der Waals surface area contributed by atoms with E-state index in [-0.39, 0.29) is 11.9 Å². The Hall–Kier alpha value is -1.35. The van der Waals surface area contributed by atoms with Gasteiger partial charge in [0.05, 0.1) is 6.04 Å². The first kappa shape index (κ1) is 12.1. The predicted octanol–water partition coefficient (Wildman–Crippen LogP) is 2.02. The molecule has 1 saturated heterocycles. The molecule has 3 nitrogen and oxygen atoms in total. The lowest BCUT2D eigenvalue weighted by Crippen LogP contribution is -2.38. The van der Waals surface area contributed by atoms with Gasteiger partial charge in [0.2, 0.25) is 5.91 Å². The molecule has 1 heterocycles. The van der Waals surface area contributed by atoms with Gasteiger partial charge in [-0.15, -0.1) is 0 Å². The second kappa shape index (κ2) is 4.88. The van der Waals surface area contributed by atoms with Gasteiger partial charge in [-0.2, -0.15) is 0 Å². The Bertz CT molecular complexity index is 428. The van der Waals surface area contributed by atoms with E-state index in [1.54, 1.807) is 0 Å². The van der Waals surface area contributed by atoms with Crippen molar-refractivity contribution in [1.82, 2.24) is 5.32 Å². The van der Waals surface area contributed by atoms with Crippen molar-refractivity contribution >= 4 is 11.6 Å². The van der Waals surface area contributed by atoms with Crippen molar-refractivity contribution in [3.8, 4) is 0 Å². The largest absolute Gasteiger partial charge is 0.311 e. The number of amides is 1. The molecule has 3 heteroatoms. The molecule has 0 saturated carbocycles. The van der Waals surface area contributed by atoms with Crippen molar-refractivity contribution in [2.45, 2.75) is 33.2 Å². The van der Waals surface area contributed by atoms with Crippen LogP contribution in [0.3, 0.4) is 0 Å². The van der Waals surface area contributed by atoms with Gasteiger partial charge in [-0.3, -0.25) is 4.79 Å². The van der Waals surface area contributed by atoms with Crippen LogP contribution < -0.4 is 10.2 Å². The molecule has 0 aromatic heterocycles. The van der Waals surface area contributed by atoms with Gasteiger partial charge in [0, 0.05) is 12.2 Å². The lowest BCUT2D eigenvalue weighted by Gasteiger charge is -2.20. The van der Waals surface area contributed by atoms with Gasteiger partial charge in [-0.25, -0.2) is 0 Å². The maximum Gasteiger partial charge on any atom is 0.244 e.